The van der Waals surface area contributed by atoms with Crippen LogP contribution in [0.25, 0.3) is 0 Å². The summed E-state index contributed by atoms with van der Waals surface area (Å²) in [6, 6.07) is 0.655. The monoisotopic (exact) mass is 211 g/mol. The molecule has 0 saturated heterocycles. The number of nitrogens with one attached hydrogen (secondary N) is 1. The summed E-state index contributed by atoms with van der Waals surface area (Å²) >= 11 is 0. The summed E-state index contributed by atoms with van der Waals surface area (Å²) in [5, 5.41) is 3.67. The van der Waals surface area contributed by atoms with E-state index in [0.29, 0.717) is 6.04 Å². The van der Waals surface area contributed by atoms with Crippen LogP contribution in [-0.2, 0) is 0 Å². The third-order valence-electron chi connectivity index (χ3n) is 2.97. The molecule has 1 unspecified atom stereocenters. The summed E-state index contributed by atoms with van der Waals surface area (Å²) in [6.45, 7) is 11.8. The molecule has 1 heteroatoms. The van der Waals surface area contributed by atoms with E-state index in [2.05, 4.69) is 38.7 Å². The maximum Gasteiger partial charge on any atom is 0.0130 e. The highest BCUT2D eigenvalue weighted by atomic mass is 14.9. The van der Waals surface area contributed by atoms with Gasteiger partial charge < -0.3 is 5.32 Å². The molecule has 1 nitrogen and oxygen atoms in total. The molecular formula is C14H29N. The van der Waals surface area contributed by atoms with Crippen LogP contribution in [0.3, 0.4) is 0 Å². The molecule has 0 bridgehead atoms. The average molecular weight is 211 g/mol. The van der Waals surface area contributed by atoms with Gasteiger partial charge in [0.2, 0.25) is 0 Å². The van der Waals surface area contributed by atoms with E-state index in [1.807, 2.05) is 0 Å². The Balaban J connectivity index is 4.15. The summed E-state index contributed by atoms with van der Waals surface area (Å²) < 4.78 is 0. The first-order chi connectivity index (χ1) is 7.29. The molecule has 0 fully saturated rings. The second-order valence-electron chi connectivity index (χ2n) is 4.42. The molecule has 0 rings (SSSR count). The van der Waals surface area contributed by atoms with Crippen LogP contribution >= 0.6 is 0 Å². The van der Waals surface area contributed by atoms with Crippen molar-refractivity contribution in [2.24, 2.45) is 5.92 Å². The molecule has 0 aliphatic carbocycles. The first-order valence-corrected chi connectivity index (χ1v) is 6.64. The van der Waals surface area contributed by atoms with Crippen molar-refractivity contribution in [1.82, 2.24) is 5.32 Å². The zero-order valence-electron chi connectivity index (χ0n) is 10.9. The second kappa shape index (κ2) is 10.2. The molecule has 0 radical (unpaired) electrons. The van der Waals surface area contributed by atoms with Gasteiger partial charge in [0.25, 0.3) is 0 Å². The Kier molecular flexibility index (Phi) is 10.0. The number of rotatable bonds is 10. The van der Waals surface area contributed by atoms with E-state index in [0.717, 1.165) is 18.9 Å². The van der Waals surface area contributed by atoms with Gasteiger partial charge in [-0.25, -0.2) is 0 Å². The number of hydrogen-bond acceptors (Lipinski definition) is 1. The molecule has 0 aromatic carbocycles. The van der Waals surface area contributed by atoms with Crippen LogP contribution in [0.2, 0.25) is 0 Å². The van der Waals surface area contributed by atoms with Gasteiger partial charge in [-0.1, -0.05) is 39.7 Å². The van der Waals surface area contributed by atoms with E-state index in [4.69, 9.17) is 0 Å². The van der Waals surface area contributed by atoms with Gasteiger partial charge in [0, 0.05) is 6.04 Å². The molecule has 0 spiro atoms. The number of hydrogen-bond donors (Lipinski definition) is 1. The molecule has 0 aromatic rings. The van der Waals surface area contributed by atoms with Crippen molar-refractivity contribution < 1.29 is 0 Å². The van der Waals surface area contributed by atoms with Crippen LogP contribution in [0.15, 0.2) is 12.7 Å². The Bertz CT molecular complexity index is 136. The summed E-state index contributed by atoms with van der Waals surface area (Å²) in [5.41, 5.74) is 0. The zero-order chi connectivity index (χ0) is 11.5. The molecular weight excluding hydrogens is 182 g/mol. The summed E-state index contributed by atoms with van der Waals surface area (Å²) in [5.74, 6) is 0.838. The Labute approximate surface area is 96.3 Å². The van der Waals surface area contributed by atoms with Crippen LogP contribution in [0.4, 0.5) is 0 Å². The van der Waals surface area contributed by atoms with Gasteiger partial charge in [-0.15, -0.1) is 6.58 Å². The minimum absolute atomic E-state index is 0.655. The quantitative estimate of drug-likeness (QED) is 0.535. The van der Waals surface area contributed by atoms with Crippen molar-refractivity contribution in [1.29, 1.82) is 0 Å². The highest BCUT2D eigenvalue weighted by Crippen LogP contribution is 2.20. The van der Waals surface area contributed by atoms with E-state index in [9.17, 15) is 0 Å². The minimum atomic E-state index is 0.655. The first-order valence-electron chi connectivity index (χ1n) is 6.64. The lowest BCUT2D eigenvalue weighted by Gasteiger charge is -2.27. The molecule has 0 aliphatic heterocycles. The van der Waals surface area contributed by atoms with Crippen LogP contribution in [0.5, 0.6) is 0 Å². The smallest absolute Gasteiger partial charge is 0.0130 e. The lowest BCUT2D eigenvalue weighted by atomic mass is 9.88. The van der Waals surface area contributed by atoms with Crippen LogP contribution < -0.4 is 5.32 Å². The minimum Gasteiger partial charge on any atom is -0.313 e. The molecule has 0 heterocycles. The molecule has 0 amide bonds. The fraction of sp³-hybridized carbons (Fsp3) is 0.857. The van der Waals surface area contributed by atoms with E-state index in [1.54, 1.807) is 0 Å². The summed E-state index contributed by atoms with van der Waals surface area (Å²) in [7, 11) is 0. The van der Waals surface area contributed by atoms with Crippen LogP contribution in [0, 0.1) is 5.92 Å². The topological polar surface area (TPSA) is 12.0 Å². The highest BCUT2D eigenvalue weighted by molar-refractivity contribution is 4.83. The van der Waals surface area contributed by atoms with Crippen molar-refractivity contribution in [2.75, 3.05) is 6.54 Å². The Morgan fingerprint density at radius 2 is 1.67 bits per heavy atom. The zero-order valence-corrected chi connectivity index (χ0v) is 10.9. The molecule has 1 atom stereocenters. The molecule has 90 valence electrons. The van der Waals surface area contributed by atoms with Gasteiger partial charge in [0.05, 0.1) is 0 Å². The van der Waals surface area contributed by atoms with Crippen molar-refractivity contribution in [3.05, 3.63) is 12.7 Å². The predicted octanol–water partition coefficient (Wildman–Crippen LogP) is 4.15. The second-order valence-corrected chi connectivity index (χ2v) is 4.42. The van der Waals surface area contributed by atoms with E-state index in [1.165, 1.54) is 32.1 Å². The maximum absolute atomic E-state index is 3.87. The van der Waals surface area contributed by atoms with E-state index >= 15 is 0 Å². The van der Waals surface area contributed by atoms with Crippen molar-refractivity contribution >= 4 is 0 Å². The fourth-order valence-corrected chi connectivity index (χ4v) is 2.24. The van der Waals surface area contributed by atoms with Gasteiger partial charge in [-0.05, 0) is 38.1 Å². The third-order valence-corrected chi connectivity index (χ3v) is 2.97. The maximum atomic E-state index is 3.87. The first kappa shape index (κ1) is 14.7. The van der Waals surface area contributed by atoms with Gasteiger partial charge in [-0.2, -0.15) is 0 Å². The standard InChI is InChI=1S/C14H29N/c1-5-9-13(10-6-2)14(11-7-3)15-12-8-4/h7,13-15H,3,5-6,8-12H2,1-2,4H3. The summed E-state index contributed by atoms with van der Waals surface area (Å²) in [4.78, 5) is 0. The third kappa shape index (κ3) is 6.72. The summed E-state index contributed by atoms with van der Waals surface area (Å²) in [6.07, 6.45) is 9.69. The molecule has 0 aliphatic rings. The van der Waals surface area contributed by atoms with E-state index in [-0.39, 0.29) is 0 Å². The van der Waals surface area contributed by atoms with Gasteiger partial charge in [-0.3, -0.25) is 0 Å². The molecule has 0 aromatic heterocycles. The Morgan fingerprint density at radius 3 is 2.07 bits per heavy atom. The van der Waals surface area contributed by atoms with Crippen molar-refractivity contribution in [3.63, 3.8) is 0 Å². The normalized spacial score (nSPS) is 13.1. The molecule has 15 heavy (non-hydrogen) atoms. The molecule has 0 saturated carbocycles. The van der Waals surface area contributed by atoms with Gasteiger partial charge >= 0.3 is 0 Å². The SMILES string of the molecule is C=CCC(NCCC)C(CCC)CCC. The highest BCUT2D eigenvalue weighted by Gasteiger charge is 2.17. The van der Waals surface area contributed by atoms with Gasteiger partial charge in [0.15, 0.2) is 0 Å². The van der Waals surface area contributed by atoms with E-state index < -0.39 is 0 Å². The lowest BCUT2D eigenvalue weighted by Crippen LogP contribution is -2.36. The average Bonchev–Trinajstić information content (AvgIpc) is 2.24. The van der Waals surface area contributed by atoms with Gasteiger partial charge in [0.1, 0.15) is 0 Å². The predicted molar refractivity (Wildman–Crippen MR) is 70.2 cm³/mol. The molecule has 1 N–H and O–H groups in total. The van der Waals surface area contributed by atoms with Crippen LogP contribution in [-0.4, -0.2) is 12.6 Å². The van der Waals surface area contributed by atoms with Crippen LogP contribution in [0.1, 0.15) is 59.3 Å². The largest absolute Gasteiger partial charge is 0.313 e. The van der Waals surface area contributed by atoms with Crippen molar-refractivity contribution in [2.45, 2.75) is 65.3 Å². The lowest BCUT2D eigenvalue weighted by molar-refractivity contribution is 0.312. The fourth-order valence-electron chi connectivity index (χ4n) is 2.24. The van der Waals surface area contributed by atoms with Crippen molar-refractivity contribution in [3.8, 4) is 0 Å². The Hall–Kier alpha value is -0.300. The Morgan fingerprint density at radius 1 is 1.07 bits per heavy atom.